The van der Waals surface area contributed by atoms with E-state index in [2.05, 4.69) is 17.4 Å². The highest BCUT2D eigenvalue weighted by molar-refractivity contribution is 5.81. The van der Waals surface area contributed by atoms with E-state index in [4.69, 9.17) is 0 Å². The van der Waals surface area contributed by atoms with Crippen LogP contribution in [0, 0.1) is 0 Å². The Labute approximate surface area is 115 Å². The third-order valence-electron chi connectivity index (χ3n) is 3.57. The Bertz CT molecular complexity index is 632. The topological polar surface area (TPSA) is 12.0 Å². The smallest absolute Gasteiger partial charge is 0.384 e. The number of nitrogens with one attached hydrogen (secondary N) is 1. The molecule has 0 unspecified atom stereocenters. The molecule has 0 bridgehead atoms. The largest absolute Gasteiger partial charge is 0.390 e. The number of benzene rings is 2. The van der Waals surface area contributed by atoms with Gasteiger partial charge in [0.25, 0.3) is 0 Å². The first-order valence-electron chi connectivity index (χ1n) is 6.55. The average Bonchev–Trinajstić information content (AvgIpc) is 2.77. The Morgan fingerprint density at radius 2 is 1.70 bits per heavy atom. The highest BCUT2D eigenvalue weighted by Crippen LogP contribution is 2.40. The van der Waals surface area contributed by atoms with Crippen molar-refractivity contribution in [1.29, 1.82) is 0 Å². The van der Waals surface area contributed by atoms with Gasteiger partial charge in [0, 0.05) is 18.7 Å². The number of halogens is 3. The molecule has 0 radical (unpaired) electrons. The predicted octanol–water partition coefficient (Wildman–Crippen LogP) is 4.62. The van der Waals surface area contributed by atoms with Crippen molar-refractivity contribution in [1.82, 2.24) is 0 Å². The van der Waals surface area contributed by atoms with Gasteiger partial charge in [-0.05, 0) is 28.3 Å². The summed E-state index contributed by atoms with van der Waals surface area (Å²) >= 11 is 0. The summed E-state index contributed by atoms with van der Waals surface area (Å²) < 4.78 is 36.6. The molecule has 104 valence electrons. The van der Waals surface area contributed by atoms with Crippen molar-refractivity contribution < 1.29 is 13.2 Å². The quantitative estimate of drug-likeness (QED) is 0.736. The van der Waals surface area contributed by atoms with Gasteiger partial charge in [0.2, 0.25) is 0 Å². The maximum Gasteiger partial charge on any atom is 0.390 e. The van der Waals surface area contributed by atoms with E-state index in [-0.39, 0.29) is 6.54 Å². The van der Waals surface area contributed by atoms with Crippen LogP contribution >= 0.6 is 0 Å². The minimum Gasteiger partial charge on any atom is -0.384 e. The highest BCUT2D eigenvalue weighted by Gasteiger charge is 2.26. The molecule has 1 aliphatic carbocycles. The molecule has 0 saturated carbocycles. The summed E-state index contributed by atoms with van der Waals surface area (Å²) in [6.45, 7) is -0.0870. The summed E-state index contributed by atoms with van der Waals surface area (Å²) in [5.41, 5.74) is 5.44. The molecule has 0 fully saturated rings. The van der Waals surface area contributed by atoms with Gasteiger partial charge in [-0.3, -0.25) is 0 Å². The Balaban J connectivity index is 1.83. The van der Waals surface area contributed by atoms with Crippen molar-refractivity contribution in [3.63, 3.8) is 0 Å². The lowest BCUT2D eigenvalue weighted by Gasteiger charge is -2.12. The second-order valence-electron chi connectivity index (χ2n) is 4.96. The van der Waals surface area contributed by atoms with Crippen LogP contribution in [0.5, 0.6) is 0 Å². The number of alkyl halides is 3. The molecule has 1 aliphatic rings. The first-order chi connectivity index (χ1) is 9.54. The molecule has 0 saturated heterocycles. The molecular weight excluding hydrogens is 263 g/mol. The van der Waals surface area contributed by atoms with E-state index in [0.717, 1.165) is 23.2 Å². The van der Waals surface area contributed by atoms with E-state index < -0.39 is 12.6 Å². The number of hydrogen-bond acceptors (Lipinski definition) is 1. The second kappa shape index (κ2) is 4.85. The van der Waals surface area contributed by atoms with E-state index in [1.165, 1.54) is 11.1 Å². The van der Waals surface area contributed by atoms with Crippen molar-refractivity contribution in [2.75, 3.05) is 11.9 Å². The van der Waals surface area contributed by atoms with Crippen LogP contribution in [0.15, 0.2) is 42.5 Å². The number of rotatable bonds is 3. The standard InChI is InChI=1S/C16H14F3N/c17-16(18,19)8-9-20-15-7-3-6-13-12-5-2-1-4-11(12)10-14(13)15/h1-7,20H,8-10H2. The SMILES string of the molecule is FC(F)(F)CCNc1cccc2c1Cc1ccccc1-2. The lowest BCUT2D eigenvalue weighted by molar-refractivity contribution is -0.131. The third kappa shape index (κ3) is 2.50. The lowest BCUT2D eigenvalue weighted by atomic mass is 10.0. The summed E-state index contributed by atoms with van der Waals surface area (Å²) in [5.74, 6) is 0. The molecule has 0 atom stereocenters. The van der Waals surface area contributed by atoms with Crippen LogP contribution in [0.1, 0.15) is 17.5 Å². The third-order valence-corrected chi connectivity index (χ3v) is 3.57. The minimum atomic E-state index is -4.12. The average molecular weight is 277 g/mol. The predicted molar refractivity (Wildman–Crippen MR) is 73.8 cm³/mol. The van der Waals surface area contributed by atoms with Gasteiger partial charge >= 0.3 is 6.18 Å². The minimum absolute atomic E-state index is 0.0870. The zero-order valence-electron chi connectivity index (χ0n) is 10.8. The van der Waals surface area contributed by atoms with Crippen LogP contribution < -0.4 is 5.32 Å². The van der Waals surface area contributed by atoms with Gasteiger partial charge in [-0.25, -0.2) is 0 Å². The van der Waals surface area contributed by atoms with Gasteiger partial charge in [0.15, 0.2) is 0 Å². The van der Waals surface area contributed by atoms with Crippen LogP contribution in [-0.4, -0.2) is 12.7 Å². The summed E-state index contributed by atoms with van der Waals surface area (Å²) in [6.07, 6.45) is -4.15. The van der Waals surface area contributed by atoms with Gasteiger partial charge in [0.05, 0.1) is 6.42 Å². The molecule has 4 heteroatoms. The van der Waals surface area contributed by atoms with E-state index in [1.807, 2.05) is 30.3 Å². The number of anilines is 1. The van der Waals surface area contributed by atoms with Crippen LogP contribution in [0.3, 0.4) is 0 Å². The van der Waals surface area contributed by atoms with Crippen molar-refractivity contribution in [2.24, 2.45) is 0 Å². The molecular formula is C16H14F3N. The Morgan fingerprint density at radius 1 is 0.950 bits per heavy atom. The summed E-state index contributed by atoms with van der Waals surface area (Å²) in [4.78, 5) is 0. The molecule has 0 heterocycles. The molecule has 2 aromatic rings. The molecule has 1 nitrogen and oxygen atoms in total. The van der Waals surface area contributed by atoms with Crippen LogP contribution in [-0.2, 0) is 6.42 Å². The van der Waals surface area contributed by atoms with Crippen LogP contribution in [0.25, 0.3) is 11.1 Å². The van der Waals surface area contributed by atoms with Gasteiger partial charge in [-0.15, -0.1) is 0 Å². The van der Waals surface area contributed by atoms with Gasteiger partial charge in [-0.2, -0.15) is 13.2 Å². The van der Waals surface area contributed by atoms with Crippen molar-refractivity contribution in [2.45, 2.75) is 19.0 Å². The van der Waals surface area contributed by atoms with Gasteiger partial charge in [-0.1, -0.05) is 36.4 Å². The Kier molecular flexibility index (Phi) is 3.16. The molecule has 3 rings (SSSR count). The molecule has 0 amide bonds. The Hall–Kier alpha value is -1.97. The zero-order chi connectivity index (χ0) is 14.2. The molecule has 2 aromatic carbocycles. The Morgan fingerprint density at radius 3 is 2.50 bits per heavy atom. The van der Waals surface area contributed by atoms with Crippen molar-refractivity contribution in [3.8, 4) is 11.1 Å². The maximum absolute atomic E-state index is 12.2. The zero-order valence-corrected chi connectivity index (χ0v) is 10.8. The van der Waals surface area contributed by atoms with Crippen molar-refractivity contribution >= 4 is 5.69 Å². The molecule has 0 spiro atoms. The number of hydrogen-bond donors (Lipinski definition) is 1. The molecule has 20 heavy (non-hydrogen) atoms. The van der Waals surface area contributed by atoms with Gasteiger partial charge < -0.3 is 5.32 Å². The van der Waals surface area contributed by atoms with E-state index in [1.54, 1.807) is 0 Å². The summed E-state index contributed by atoms with van der Waals surface area (Å²) in [5, 5.41) is 2.92. The van der Waals surface area contributed by atoms with E-state index in [0.29, 0.717) is 0 Å². The molecule has 0 aliphatic heterocycles. The molecule has 0 aromatic heterocycles. The van der Waals surface area contributed by atoms with Crippen LogP contribution in [0.4, 0.5) is 18.9 Å². The number of fused-ring (bicyclic) bond motifs is 3. The summed E-state index contributed by atoms with van der Waals surface area (Å²) in [7, 11) is 0. The second-order valence-corrected chi connectivity index (χ2v) is 4.96. The van der Waals surface area contributed by atoms with Crippen molar-refractivity contribution in [3.05, 3.63) is 53.6 Å². The maximum atomic E-state index is 12.2. The van der Waals surface area contributed by atoms with Crippen LogP contribution in [0.2, 0.25) is 0 Å². The van der Waals surface area contributed by atoms with E-state index >= 15 is 0 Å². The highest BCUT2D eigenvalue weighted by atomic mass is 19.4. The van der Waals surface area contributed by atoms with Gasteiger partial charge in [0.1, 0.15) is 0 Å². The fraction of sp³-hybridized carbons (Fsp3) is 0.250. The van der Waals surface area contributed by atoms with E-state index in [9.17, 15) is 13.2 Å². The normalized spacial score (nSPS) is 12.9. The monoisotopic (exact) mass is 277 g/mol. The lowest BCUT2D eigenvalue weighted by Crippen LogP contribution is -2.15. The first kappa shape index (κ1) is 13.0. The fourth-order valence-corrected chi connectivity index (χ4v) is 2.66. The first-order valence-corrected chi connectivity index (χ1v) is 6.55. The molecule has 1 N–H and O–H groups in total. The summed E-state index contributed by atoms with van der Waals surface area (Å²) in [6, 6.07) is 13.8. The fourth-order valence-electron chi connectivity index (χ4n) is 2.66.